The van der Waals surface area contributed by atoms with Gasteiger partial charge < -0.3 is 4.57 Å². The third kappa shape index (κ3) is 3.13. The summed E-state index contributed by atoms with van der Waals surface area (Å²) >= 11 is 1.07. The molecule has 0 unspecified atom stereocenters. The summed E-state index contributed by atoms with van der Waals surface area (Å²) in [7, 11) is 1.79. The Morgan fingerprint density at radius 2 is 2.00 bits per heavy atom. The van der Waals surface area contributed by atoms with Crippen molar-refractivity contribution in [2.75, 3.05) is 0 Å². The molecule has 0 aliphatic heterocycles. The second-order valence-corrected chi connectivity index (χ2v) is 6.22. The number of benzene rings is 2. The zero-order valence-corrected chi connectivity index (χ0v) is 13.7. The quantitative estimate of drug-likeness (QED) is 0.528. The first kappa shape index (κ1) is 16.1. The molecule has 0 fully saturated rings. The van der Waals surface area contributed by atoms with E-state index in [4.69, 9.17) is 0 Å². The summed E-state index contributed by atoms with van der Waals surface area (Å²) in [5.74, 6) is 0.0119. The molecule has 0 radical (unpaired) electrons. The summed E-state index contributed by atoms with van der Waals surface area (Å²) in [6.45, 7) is 1.99. The molecule has 0 aliphatic rings. The third-order valence-corrected chi connectivity index (χ3v) is 4.53. The topological polar surface area (TPSA) is 73.8 Å². The van der Waals surface area contributed by atoms with Gasteiger partial charge in [0.2, 0.25) is 0 Å². The Balaban J connectivity index is 1.91. The van der Waals surface area contributed by atoms with Crippen LogP contribution in [0.4, 0.5) is 10.1 Å². The van der Waals surface area contributed by atoms with Gasteiger partial charge in [0.15, 0.2) is 11.0 Å². The first-order valence-corrected chi connectivity index (χ1v) is 7.85. The van der Waals surface area contributed by atoms with Crippen molar-refractivity contribution in [3.05, 3.63) is 64.0 Å². The molecule has 0 spiro atoms. The van der Waals surface area contributed by atoms with Gasteiger partial charge in [0.25, 0.3) is 5.69 Å². The van der Waals surface area contributed by atoms with Gasteiger partial charge in [-0.05, 0) is 30.8 Å². The van der Waals surface area contributed by atoms with E-state index < -0.39 is 10.7 Å². The molecule has 0 aliphatic carbocycles. The molecule has 6 nitrogen and oxygen atoms in total. The zero-order valence-electron chi connectivity index (χ0n) is 12.9. The minimum atomic E-state index is -0.658. The molecule has 0 saturated heterocycles. The number of hydrogen-bond acceptors (Lipinski definition) is 5. The highest BCUT2D eigenvalue weighted by Crippen LogP contribution is 2.32. The molecule has 1 heterocycles. The molecular weight excluding hydrogens is 331 g/mol. The van der Waals surface area contributed by atoms with Crippen LogP contribution >= 0.6 is 11.8 Å². The Morgan fingerprint density at radius 1 is 1.21 bits per heavy atom. The lowest BCUT2D eigenvalue weighted by Crippen LogP contribution is -1.96. The lowest BCUT2D eigenvalue weighted by Gasteiger charge is -2.05. The maximum Gasteiger partial charge on any atom is 0.272 e. The molecule has 0 bridgehead atoms. The first-order chi connectivity index (χ1) is 11.5. The number of nitrogens with zero attached hydrogens (tertiary/aromatic N) is 4. The van der Waals surface area contributed by atoms with Crippen molar-refractivity contribution in [2.24, 2.45) is 7.05 Å². The van der Waals surface area contributed by atoms with E-state index in [1.807, 2.05) is 31.2 Å². The predicted molar refractivity (Wildman–Crippen MR) is 88.4 cm³/mol. The number of nitro benzene ring substituents is 1. The number of aromatic nitrogens is 3. The van der Waals surface area contributed by atoms with Gasteiger partial charge >= 0.3 is 0 Å². The lowest BCUT2D eigenvalue weighted by atomic mass is 10.1. The van der Waals surface area contributed by atoms with Crippen LogP contribution in [0.1, 0.15) is 5.56 Å². The average molecular weight is 344 g/mol. The minimum Gasteiger partial charge on any atom is -0.305 e. The van der Waals surface area contributed by atoms with Crippen molar-refractivity contribution in [2.45, 2.75) is 17.0 Å². The van der Waals surface area contributed by atoms with Gasteiger partial charge in [0, 0.05) is 18.7 Å². The SMILES string of the molecule is Cc1cccc(-c2nnc(Sc3ccc([N+](=O)[O-])cc3F)n2C)c1. The van der Waals surface area contributed by atoms with Gasteiger partial charge in [-0.15, -0.1) is 10.2 Å². The van der Waals surface area contributed by atoms with E-state index in [-0.39, 0.29) is 10.6 Å². The number of non-ortho nitro benzene ring substituents is 1. The summed E-state index contributed by atoms with van der Waals surface area (Å²) in [6.07, 6.45) is 0. The number of hydrogen-bond donors (Lipinski definition) is 0. The van der Waals surface area contributed by atoms with E-state index in [2.05, 4.69) is 10.2 Å². The van der Waals surface area contributed by atoms with Crippen LogP contribution in [-0.2, 0) is 7.05 Å². The minimum absolute atomic E-state index is 0.256. The zero-order chi connectivity index (χ0) is 17.3. The van der Waals surface area contributed by atoms with Crippen molar-refractivity contribution in [1.29, 1.82) is 0 Å². The van der Waals surface area contributed by atoms with E-state index in [0.29, 0.717) is 11.0 Å². The molecule has 1 aromatic heterocycles. The Labute approximate surface area is 141 Å². The summed E-state index contributed by atoms with van der Waals surface area (Å²) in [6, 6.07) is 11.4. The van der Waals surface area contributed by atoms with Crippen LogP contribution in [-0.4, -0.2) is 19.7 Å². The van der Waals surface area contributed by atoms with Crippen molar-refractivity contribution in [1.82, 2.24) is 14.8 Å². The molecule has 0 N–H and O–H groups in total. The number of halogens is 1. The molecule has 3 aromatic rings. The van der Waals surface area contributed by atoms with E-state index in [1.54, 1.807) is 11.6 Å². The highest BCUT2D eigenvalue weighted by molar-refractivity contribution is 7.99. The van der Waals surface area contributed by atoms with Crippen LogP contribution in [0.2, 0.25) is 0 Å². The average Bonchev–Trinajstić information content (AvgIpc) is 2.90. The number of aryl methyl sites for hydroxylation is 1. The second kappa shape index (κ2) is 6.40. The lowest BCUT2D eigenvalue weighted by molar-refractivity contribution is -0.385. The predicted octanol–water partition coefficient (Wildman–Crippen LogP) is 3.99. The highest BCUT2D eigenvalue weighted by atomic mass is 32.2. The van der Waals surface area contributed by atoms with Crippen LogP contribution in [0.15, 0.2) is 52.5 Å². The molecule has 122 valence electrons. The van der Waals surface area contributed by atoms with Crippen molar-refractivity contribution >= 4 is 17.4 Å². The fourth-order valence-corrected chi connectivity index (χ4v) is 3.02. The molecule has 0 amide bonds. The second-order valence-electron chi connectivity index (χ2n) is 5.21. The Morgan fingerprint density at radius 3 is 2.67 bits per heavy atom. The highest BCUT2D eigenvalue weighted by Gasteiger charge is 2.16. The summed E-state index contributed by atoms with van der Waals surface area (Å²) in [4.78, 5) is 10.3. The van der Waals surface area contributed by atoms with Gasteiger partial charge in [-0.1, -0.05) is 23.8 Å². The van der Waals surface area contributed by atoms with Crippen molar-refractivity contribution < 1.29 is 9.31 Å². The molecule has 8 heteroatoms. The van der Waals surface area contributed by atoms with Crippen LogP contribution in [0.5, 0.6) is 0 Å². The largest absolute Gasteiger partial charge is 0.305 e. The van der Waals surface area contributed by atoms with Crippen LogP contribution in [0.25, 0.3) is 11.4 Å². The van der Waals surface area contributed by atoms with Gasteiger partial charge in [-0.25, -0.2) is 4.39 Å². The van der Waals surface area contributed by atoms with E-state index in [0.717, 1.165) is 29.0 Å². The fraction of sp³-hybridized carbons (Fsp3) is 0.125. The molecule has 3 rings (SSSR count). The van der Waals surface area contributed by atoms with Crippen LogP contribution < -0.4 is 0 Å². The first-order valence-electron chi connectivity index (χ1n) is 7.04. The maximum atomic E-state index is 14.0. The molecule has 2 aromatic carbocycles. The standard InChI is InChI=1S/C16H13FN4O2S/c1-10-4-3-5-11(8-10)15-18-19-16(20(15)2)24-14-7-6-12(21(22)23)9-13(14)17/h3-9H,1-2H3. The summed E-state index contributed by atoms with van der Waals surface area (Å²) in [5.41, 5.74) is 1.74. The number of rotatable bonds is 4. The van der Waals surface area contributed by atoms with Crippen LogP contribution in [0, 0.1) is 22.9 Å². The number of nitro groups is 1. The molecular formula is C16H13FN4O2S. The normalized spacial score (nSPS) is 10.8. The van der Waals surface area contributed by atoms with Crippen molar-refractivity contribution in [3.8, 4) is 11.4 Å². The van der Waals surface area contributed by atoms with Gasteiger partial charge in [0.05, 0.1) is 15.9 Å². The van der Waals surface area contributed by atoms with E-state index >= 15 is 0 Å². The summed E-state index contributed by atoms with van der Waals surface area (Å²) < 4.78 is 15.8. The Hall–Kier alpha value is -2.74. The third-order valence-electron chi connectivity index (χ3n) is 3.44. The Kier molecular flexibility index (Phi) is 4.30. The van der Waals surface area contributed by atoms with Crippen molar-refractivity contribution in [3.63, 3.8) is 0 Å². The van der Waals surface area contributed by atoms with Gasteiger partial charge in [-0.3, -0.25) is 10.1 Å². The molecule has 0 atom stereocenters. The fourth-order valence-electron chi connectivity index (χ4n) is 2.22. The summed E-state index contributed by atoms with van der Waals surface area (Å²) in [5, 5.41) is 19.4. The van der Waals surface area contributed by atoms with Gasteiger partial charge in [-0.2, -0.15) is 0 Å². The van der Waals surface area contributed by atoms with Gasteiger partial charge in [0.1, 0.15) is 5.82 Å². The maximum absolute atomic E-state index is 14.0. The van der Waals surface area contributed by atoms with E-state index in [9.17, 15) is 14.5 Å². The Bertz CT molecular complexity index is 926. The monoisotopic (exact) mass is 344 g/mol. The van der Waals surface area contributed by atoms with Crippen LogP contribution in [0.3, 0.4) is 0 Å². The smallest absolute Gasteiger partial charge is 0.272 e. The van der Waals surface area contributed by atoms with E-state index in [1.165, 1.54) is 12.1 Å². The molecule has 0 saturated carbocycles. The molecule has 24 heavy (non-hydrogen) atoms.